The molecule has 0 bridgehead atoms. The standard InChI is InChI=1S/C19H20O2S/c1-15-8-11-18(12-9-15)22(21)19(14-16(2)20)13-10-17-6-4-3-5-7-17/h3-14,16,20H,1-2H3/b13-10+,19-14-/t16-,22+/m1/s1. The van der Waals surface area contributed by atoms with Crippen LogP contribution in [0.1, 0.15) is 18.1 Å². The van der Waals surface area contributed by atoms with E-state index in [2.05, 4.69) is 0 Å². The number of rotatable bonds is 5. The lowest BCUT2D eigenvalue weighted by Crippen LogP contribution is -2.00. The molecule has 2 atom stereocenters. The summed E-state index contributed by atoms with van der Waals surface area (Å²) in [6.45, 7) is 3.65. The van der Waals surface area contributed by atoms with Gasteiger partial charge in [-0.3, -0.25) is 0 Å². The Morgan fingerprint density at radius 2 is 1.73 bits per heavy atom. The third kappa shape index (κ3) is 4.79. The van der Waals surface area contributed by atoms with Crippen LogP contribution in [0.4, 0.5) is 0 Å². The molecule has 22 heavy (non-hydrogen) atoms. The molecular formula is C19H20O2S. The quantitative estimate of drug-likeness (QED) is 0.845. The first kappa shape index (κ1) is 16.4. The zero-order chi connectivity index (χ0) is 15.9. The summed E-state index contributed by atoms with van der Waals surface area (Å²) in [6, 6.07) is 17.4. The molecule has 2 nitrogen and oxygen atoms in total. The number of aliphatic hydroxyl groups is 1. The van der Waals surface area contributed by atoms with E-state index < -0.39 is 16.9 Å². The lowest BCUT2D eigenvalue weighted by Gasteiger charge is -2.06. The summed E-state index contributed by atoms with van der Waals surface area (Å²) < 4.78 is 12.7. The summed E-state index contributed by atoms with van der Waals surface area (Å²) in [5, 5.41) is 9.62. The molecule has 0 aromatic heterocycles. The maximum atomic E-state index is 12.7. The highest BCUT2D eigenvalue weighted by Crippen LogP contribution is 2.18. The molecule has 0 aliphatic rings. The number of hydrogen-bond donors (Lipinski definition) is 1. The second-order valence-electron chi connectivity index (χ2n) is 5.14. The fourth-order valence-electron chi connectivity index (χ4n) is 1.96. The van der Waals surface area contributed by atoms with Crippen LogP contribution in [0, 0.1) is 6.92 Å². The molecule has 0 fully saturated rings. The zero-order valence-corrected chi connectivity index (χ0v) is 13.6. The summed E-state index contributed by atoms with van der Waals surface area (Å²) in [7, 11) is -1.31. The molecule has 0 aliphatic carbocycles. The molecule has 3 heteroatoms. The molecule has 114 valence electrons. The highest BCUT2D eigenvalue weighted by molar-refractivity contribution is 7.89. The fourth-order valence-corrected chi connectivity index (χ4v) is 3.12. The average molecular weight is 312 g/mol. The first-order valence-electron chi connectivity index (χ1n) is 7.18. The van der Waals surface area contributed by atoms with Gasteiger partial charge in [-0.1, -0.05) is 54.1 Å². The molecule has 0 spiro atoms. The van der Waals surface area contributed by atoms with Gasteiger partial charge in [-0.15, -0.1) is 0 Å². The van der Waals surface area contributed by atoms with E-state index in [1.165, 1.54) is 0 Å². The first-order chi connectivity index (χ1) is 10.6. The minimum atomic E-state index is -1.31. The van der Waals surface area contributed by atoms with Crippen molar-refractivity contribution in [2.45, 2.75) is 24.8 Å². The molecule has 2 aromatic rings. The second kappa shape index (κ2) is 7.87. The van der Waals surface area contributed by atoms with E-state index in [-0.39, 0.29) is 0 Å². The van der Waals surface area contributed by atoms with Crippen molar-refractivity contribution < 1.29 is 9.32 Å². The van der Waals surface area contributed by atoms with Gasteiger partial charge in [0.05, 0.1) is 16.9 Å². The highest BCUT2D eigenvalue weighted by atomic mass is 32.2. The van der Waals surface area contributed by atoms with Gasteiger partial charge >= 0.3 is 0 Å². The summed E-state index contributed by atoms with van der Waals surface area (Å²) in [5.41, 5.74) is 2.15. The van der Waals surface area contributed by atoms with Gasteiger partial charge in [0.15, 0.2) is 0 Å². The number of hydrogen-bond acceptors (Lipinski definition) is 2. The van der Waals surface area contributed by atoms with Crippen molar-refractivity contribution in [3.05, 3.63) is 82.8 Å². The van der Waals surface area contributed by atoms with E-state index in [1.54, 1.807) is 19.1 Å². The van der Waals surface area contributed by atoms with Crippen LogP contribution in [-0.4, -0.2) is 15.4 Å². The largest absolute Gasteiger partial charge is 0.389 e. The molecule has 2 rings (SSSR count). The number of aliphatic hydroxyl groups excluding tert-OH is 1. The summed E-state index contributed by atoms with van der Waals surface area (Å²) in [5.74, 6) is 0. The van der Waals surface area contributed by atoms with Crippen LogP contribution in [0.15, 0.2) is 76.5 Å². The third-order valence-electron chi connectivity index (χ3n) is 3.09. The minimum Gasteiger partial charge on any atom is -0.389 e. The molecule has 0 saturated heterocycles. The number of aryl methyl sites for hydroxylation is 1. The Bertz CT molecular complexity index is 683. The van der Waals surface area contributed by atoms with Crippen molar-refractivity contribution >= 4 is 16.9 Å². The second-order valence-corrected chi connectivity index (χ2v) is 6.62. The van der Waals surface area contributed by atoms with Crippen LogP contribution in [-0.2, 0) is 10.8 Å². The van der Waals surface area contributed by atoms with Gasteiger partial charge in [-0.2, -0.15) is 0 Å². The van der Waals surface area contributed by atoms with Crippen LogP contribution in [0.5, 0.6) is 0 Å². The Morgan fingerprint density at radius 3 is 2.32 bits per heavy atom. The predicted octanol–water partition coefficient (Wildman–Crippen LogP) is 4.08. The Kier molecular flexibility index (Phi) is 5.87. The Balaban J connectivity index is 2.28. The maximum Gasteiger partial charge on any atom is 0.0847 e. The van der Waals surface area contributed by atoms with E-state index in [0.29, 0.717) is 4.91 Å². The van der Waals surface area contributed by atoms with Gasteiger partial charge in [0.2, 0.25) is 0 Å². The van der Waals surface area contributed by atoms with Crippen LogP contribution >= 0.6 is 0 Å². The minimum absolute atomic E-state index is 0.600. The summed E-state index contributed by atoms with van der Waals surface area (Å²) >= 11 is 0. The van der Waals surface area contributed by atoms with Gasteiger partial charge in [0, 0.05) is 9.80 Å². The van der Waals surface area contributed by atoms with E-state index in [9.17, 15) is 9.32 Å². The van der Waals surface area contributed by atoms with E-state index in [4.69, 9.17) is 0 Å². The van der Waals surface area contributed by atoms with Crippen molar-refractivity contribution in [3.63, 3.8) is 0 Å². The van der Waals surface area contributed by atoms with Crippen molar-refractivity contribution in [2.24, 2.45) is 0 Å². The van der Waals surface area contributed by atoms with Gasteiger partial charge in [0.1, 0.15) is 0 Å². The molecule has 2 aromatic carbocycles. The molecule has 0 amide bonds. The SMILES string of the molecule is Cc1ccc([S@](=O)C(=C\[C@@H](C)O)/C=C/c2ccccc2)cc1. The fraction of sp³-hybridized carbons (Fsp3) is 0.158. The normalized spacial score (nSPS) is 15.0. The topological polar surface area (TPSA) is 37.3 Å². The highest BCUT2D eigenvalue weighted by Gasteiger charge is 2.09. The average Bonchev–Trinajstić information content (AvgIpc) is 2.52. The zero-order valence-electron chi connectivity index (χ0n) is 12.8. The predicted molar refractivity (Wildman–Crippen MR) is 92.8 cm³/mol. The molecule has 0 heterocycles. The molecule has 0 unspecified atom stereocenters. The number of allylic oxidation sites excluding steroid dienone is 1. The summed E-state index contributed by atoms with van der Waals surface area (Å²) in [4.78, 5) is 1.33. The van der Waals surface area contributed by atoms with Crippen LogP contribution in [0.25, 0.3) is 6.08 Å². The lowest BCUT2D eigenvalue weighted by molar-refractivity contribution is 0.244. The van der Waals surface area contributed by atoms with E-state index in [0.717, 1.165) is 16.0 Å². The summed E-state index contributed by atoms with van der Waals surface area (Å²) in [6.07, 6.45) is 4.68. The molecular weight excluding hydrogens is 292 g/mol. The molecule has 0 radical (unpaired) electrons. The van der Waals surface area contributed by atoms with Crippen molar-refractivity contribution in [2.75, 3.05) is 0 Å². The Labute approximate surface area is 134 Å². The van der Waals surface area contributed by atoms with E-state index in [1.807, 2.05) is 67.6 Å². The number of benzene rings is 2. The van der Waals surface area contributed by atoms with Gasteiger partial charge < -0.3 is 5.11 Å². The monoisotopic (exact) mass is 312 g/mol. The molecule has 1 N–H and O–H groups in total. The van der Waals surface area contributed by atoms with Gasteiger partial charge in [0.25, 0.3) is 0 Å². The van der Waals surface area contributed by atoms with Crippen LogP contribution in [0.3, 0.4) is 0 Å². The Morgan fingerprint density at radius 1 is 1.09 bits per heavy atom. The van der Waals surface area contributed by atoms with Crippen molar-refractivity contribution in [1.82, 2.24) is 0 Å². The van der Waals surface area contributed by atoms with Gasteiger partial charge in [-0.05, 0) is 43.7 Å². The maximum absolute atomic E-state index is 12.7. The molecule has 0 aliphatic heterocycles. The third-order valence-corrected chi connectivity index (χ3v) is 4.49. The van der Waals surface area contributed by atoms with Crippen LogP contribution in [0.2, 0.25) is 0 Å². The Hall–Kier alpha value is -1.97. The van der Waals surface area contributed by atoms with E-state index >= 15 is 0 Å². The van der Waals surface area contributed by atoms with Crippen molar-refractivity contribution in [1.29, 1.82) is 0 Å². The van der Waals surface area contributed by atoms with Gasteiger partial charge in [-0.25, -0.2) is 4.21 Å². The molecule has 0 saturated carbocycles. The van der Waals surface area contributed by atoms with Crippen LogP contribution < -0.4 is 0 Å². The lowest BCUT2D eigenvalue weighted by atomic mass is 10.2. The van der Waals surface area contributed by atoms with Crippen molar-refractivity contribution in [3.8, 4) is 0 Å². The smallest absolute Gasteiger partial charge is 0.0847 e. The first-order valence-corrected chi connectivity index (χ1v) is 8.33.